The number of hydrogen-bond donors (Lipinski definition) is 1. The number of allylic oxidation sites excluding steroid dienone is 3. The van der Waals surface area contributed by atoms with Gasteiger partial charge in [-0.3, -0.25) is 9.59 Å². The predicted octanol–water partition coefficient (Wildman–Crippen LogP) is 1.89. The van der Waals surface area contributed by atoms with E-state index in [1.165, 1.54) is 6.08 Å². The summed E-state index contributed by atoms with van der Waals surface area (Å²) < 4.78 is 5.67. The SMILES string of the molecule is O=C1NOOC2=CC=C(c3cc4ccccc4o3)C(=O)C12. The van der Waals surface area contributed by atoms with E-state index in [1.807, 2.05) is 29.7 Å². The van der Waals surface area contributed by atoms with Crippen LogP contribution in [0.4, 0.5) is 0 Å². The van der Waals surface area contributed by atoms with Crippen LogP contribution in [0.5, 0.6) is 0 Å². The van der Waals surface area contributed by atoms with Crippen LogP contribution in [0.3, 0.4) is 0 Å². The molecule has 1 aliphatic heterocycles. The third-order valence-corrected chi connectivity index (χ3v) is 3.46. The number of para-hydroxylation sites is 1. The first-order valence-corrected chi connectivity index (χ1v) is 6.32. The molecule has 4 rings (SSSR count). The fraction of sp³-hybridized carbons (Fsp3) is 0.0667. The zero-order chi connectivity index (χ0) is 14.4. The molecule has 2 heterocycles. The maximum Gasteiger partial charge on any atom is 0.265 e. The summed E-state index contributed by atoms with van der Waals surface area (Å²) in [5, 5.41) is 0.892. The minimum atomic E-state index is -1.04. The third kappa shape index (κ3) is 1.77. The molecule has 1 fully saturated rings. The fourth-order valence-electron chi connectivity index (χ4n) is 2.44. The molecule has 1 aromatic carbocycles. The zero-order valence-corrected chi connectivity index (χ0v) is 10.7. The molecule has 6 heteroatoms. The Morgan fingerprint density at radius 2 is 1.95 bits per heavy atom. The van der Waals surface area contributed by atoms with Crippen molar-refractivity contribution in [2.45, 2.75) is 0 Å². The van der Waals surface area contributed by atoms with Crippen molar-refractivity contribution in [3.63, 3.8) is 0 Å². The Labute approximate surface area is 118 Å². The average molecular weight is 283 g/mol. The van der Waals surface area contributed by atoms with Crippen molar-refractivity contribution in [3.05, 3.63) is 54.0 Å². The second-order valence-electron chi connectivity index (χ2n) is 4.73. The zero-order valence-electron chi connectivity index (χ0n) is 10.7. The molecule has 6 nitrogen and oxygen atoms in total. The van der Waals surface area contributed by atoms with E-state index in [4.69, 9.17) is 9.30 Å². The van der Waals surface area contributed by atoms with Gasteiger partial charge in [-0.2, -0.15) is 5.48 Å². The Bertz CT molecular complexity index is 796. The second-order valence-corrected chi connectivity index (χ2v) is 4.73. The van der Waals surface area contributed by atoms with E-state index in [9.17, 15) is 9.59 Å². The van der Waals surface area contributed by atoms with Crippen LogP contribution < -0.4 is 5.48 Å². The number of benzene rings is 1. The van der Waals surface area contributed by atoms with Gasteiger partial charge in [0.1, 0.15) is 11.3 Å². The van der Waals surface area contributed by atoms with E-state index in [0.717, 1.165) is 5.39 Å². The molecule has 1 saturated heterocycles. The van der Waals surface area contributed by atoms with Gasteiger partial charge in [-0.1, -0.05) is 23.2 Å². The number of carbonyl (C=O) groups excluding carboxylic acids is 2. The van der Waals surface area contributed by atoms with Crippen molar-refractivity contribution in [1.82, 2.24) is 5.48 Å². The van der Waals surface area contributed by atoms with Gasteiger partial charge in [-0.05, 0) is 24.3 Å². The van der Waals surface area contributed by atoms with Gasteiger partial charge >= 0.3 is 0 Å². The number of nitrogens with one attached hydrogen (secondary N) is 1. The molecule has 1 aliphatic carbocycles. The molecule has 0 spiro atoms. The summed E-state index contributed by atoms with van der Waals surface area (Å²) in [7, 11) is 0. The monoisotopic (exact) mass is 283 g/mol. The standard InChI is InChI=1S/C15H9NO5/c17-14-9(5-6-11-13(14)15(18)16-21-20-11)12-7-8-3-1-2-4-10(8)19-12/h1-7,13H,(H,16,18). The highest BCUT2D eigenvalue weighted by atomic mass is 17.3. The van der Waals surface area contributed by atoms with Gasteiger partial charge in [0.25, 0.3) is 5.91 Å². The minimum Gasteiger partial charge on any atom is -0.456 e. The van der Waals surface area contributed by atoms with E-state index < -0.39 is 11.8 Å². The predicted molar refractivity (Wildman–Crippen MR) is 71.1 cm³/mol. The van der Waals surface area contributed by atoms with Gasteiger partial charge in [-0.15, -0.1) is 0 Å². The van der Waals surface area contributed by atoms with Gasteiger partial charge in [0.05, 0.1) is 5.57 Å². The third-order valence-electron chi connectivity index (χ3n) is 3.46. The van der Waals surface area contributed by atoms with Crippen molar-refractivity contribution in [3.8, 4) is 0 Å². The Hall–Kier alpha value is -2.86. The van der Waals surface area contributed by atoms with Crippen LogP contribution >= 0.6 is 0 Å². The number of carbonyl (C=O) groups is 2. The largest absolute Gasteiger partial charge is 0.456 e. The lowest BCUT2D eigenvalue weighted by Gasteiger charge is -2.24. The van der Waals surface area contributed by atoms with Crippen molar-refractivity contribution < 1.29 is 23.9 Å². The smallest absolute Gasteiger partial charge is 0.265 e. The van der Waals surface area contributed by atoms with E-state index in [0.29, 0.717) is 16.9 Å². The number of hydrogen-bond acceptors (Lipinski definition) is 5. The van der Waals surface area contributed by atoms with E-state index in [1.54, 1.807) is 12.1 Å². The summed E-state index contributed by atoms with van der Waals surface area (Å²) in [6.45, 7) is 0. The van der Waals surface area contributed by atoms with Crippen LogP contribution in [0.25, 0.3) is 16.5 Å². The van der Waals surface area contributed by atoms with Gasteiger partial charge in [-0.25, -0.2) is 0 Å². The van der Waals surface area contributed by atoms with Crippen molar-refractivity contribution in [1.29, 1.82) is 0 Å². The van der Waals surface area contributed by atoms with Crippen LogP contribution in [0, 0.1) is 5.92 Å². The highest BCUT2D eigenvalue weighted by molar-refractivity contribution is 6.29. The molecule has 1 N–H and O–H groups in total. The summed E-state index contributed by atoms with van der Waals surface area (Å²) >= 11 is 0. The van der Waals surface area contributed by atoms with Crippen molar-refractivity contribution >= 4 is 28.2 Å². The number of fused-ring (bicyclic) bond motifs is 2. The molecule has 0 bridgehead atoms. The lowest BCUT2D eigenvalue weighted by atomic mass is 9.89. The molecule has 104 valence electrons. The topological polar surface area (TPSA) is 77.8 Å². The number of rotatable bonds is 1. The average Bonchev–Trinajstić information content (AvgIpc) is 2.91. The quantitative estimate of drug-likeness (QED) is 0.638. The molecular formula is C15H9NO5. The number of Topliss-reactive ketones (excluding diaryl/α,β-unsaturated/α-hetero) is 1. The van der Waals surface area contributed by atoms with Gasteiger partial charge in [0.2, 0.25) is 0 Å². The molecule has 1 amide bonds. The maximum absolute atomic E-state index is 12.5. The normalized spacial score (nSPS) is 21.2. The Morgan fingerprint density at radius 1 is 1.10 bits per heavy atom. The Morgan fingerprint density at radius 3 is 2.81 bits per heavy atom. The number of furan rings is 1. The van der Waals surface area contributed by atoms with Crippen LogP contribution in [0.15, 0.2) is 52.7 Å². The van der Waals surface area contributed by atoms with Crippen molar-refractivity contribution in [2.24, 2.45) is 5.92 Å². The molecule has 21 heavy (non-hydrogen) atoms. The second kappa shape index (κ2) is 4.32. The first-order valence-electron chi connectivity index (χ1n) is 6.32. The first-order chi connectivity index (χ1) is 10.2. The highest BCUT2D eigenvalue weighted by Crippen LogP contribution is 2.33. The van der Waals surface area contributed by atoms with E-state index in [-0.39, 0.29) is 11.5 Å². The number of hydroxylamine groups is 1. The highest BCUT2D eigenvalue weighted by Gasteiger charge is 2.41. The van der Waals surface area contributed by atoms with Crippen LogP contribution in [-0.2, 0) is 19.5 Å². The molecule has 2 aliphatic rings. The minimum absolute atomic E-state index is 0.170. The Balaban J connectivity index is 1.81. The van der Waals surface area contributed by atoms with Crippen LogP contribution in [0.1, 0.15) is 5.76 Å². The van der Waals surface area contributed by atoms with Gasteiger partial charge in [0, 0.05) is 5.39 Å². The van der Waals surface area contributed by atoms with Crippen LogP contribution in [0.2, 0.25) is 0 Å². The lowest BCUT2D eigenvalue weighted by Crippen LogP contribution is -2.43. The van der Waals surface area contributed by atoms with Crippen LogP contribution in [-0.4, -0.2) is 11.7 Å². The number of amides is 1. The lowest BCUT2D eigenvalue weighted by molar-refractivity contribution is -0.317. The Kier molecular flexibility index (Phi) is 2.45. The summed E-state index contributed by atoms with van der Waals surface area (Å²) in [5.41, 5.74) is 3.05. The molecule has 0 saturated carbocycles. The summed E-state index contributed by atoms with van der Waals surface area (Å²) in [5.74, 6) is -1.38. The molecule has 1 aromatic heterocycles. The van der Waals surface area contributed by atoms with E-state index >= 15 is 0 Å². The molecule has 0 radical (unpaired) electrons. The summed E-state index contributed by atoms with van der Waals surface area (Å²) in [4.78, 5) is 33.4. The molecule has 1 atom stereocenters. The number of ketones is 1. The molecule has 2 aromatic rings. The van der Waals surface area contributed by atoms with Gasteiger partial charge in [0.15, 0.2) is 17.5 Å². The fourth-order valence-corrected chi connectivity index (χ4v) is 2.44. The maximum atomic E-state index is 12.5. The summed E-state index contributed by atoms with van der Waals surface area (Å²) in [6, 6.07) is 9.22. The molecule has 1 unspecified atom stereocenters. The molecular weight excluding hydrogens is 274 g/mol. The van der Waals surface area contributed by atoms with E-state index in [2.05, 4.69) is 4.99 Å². The van der Waals surface area contributed by atoms with Crippen molar-refractivity contribution in [2.75, 3.05) is 0 Å². The summed E-state index contributed by atoms with van der Waals surface area (Å²) in [6.07, 6.45) is 3.10. The van der Waals surface area contributed by atoms with Gasteiger partial charge < -0.3 is 9.30 Å². The first kappa shape index (κ1) is 11.9.